The summed E-state index contributed by atoms with van der Waals surface area (Å²) in [5, 5.41) is 0. The highest BCUT2D eigenvalue weighted by Gasteiger charge is 2.24. The molecule has 26 heavy (non-hydrogen) atoms. The van der Waals surface area contributed by atoms with Crippen molar-refractivity contribution >= 4 is 21.6 Å². The quantitative estimate of drug-likeness (QED) is 0.739. The summed E-state index contributed by atoms with van der Waals surface area (Å²) in [6, 6.07) is 12.6. The van der Waals surface area contributed by atoms with Crippen LogP contribution in [0, 0.1) is 5.82 Å². The van der Waals surface area contributed by atoms with Gasteiger partial charge in [-0.2, -0.15) is 0 Å². The maximum atomic E-state index is 14.0. The second kappa shape index (κ2) is 8.18. The number of anilines is 1. The molecule has 0 bridgehead atoms. The van der Waals surface area contributed by atoms with Crippen LogP contribution in [0.15, 0.2) is 48.5 Å². The summed E-state index contributed by atoms with van der Waals surface area (Å²) < 4.78 is 43.9. The Morgan fingerprint density at radius 3 is 2.27 bits per heavy atom. The molecule has 0 N–H and O–H groups in total. The van der Waals surface area contributed by atoms with Gasteiger partial charge in [0.05, 0.1) is 19.1 Å². The van der Waals surface area contributed by atoms with Crippen LogP contribution in [-0.2, 0) is 21.4 Å². The molecule has 2 rings (SSSR count). The average molecular weight is 380 g/mol. The fourth-order valence-corrected chi connectivity index (χ4v) is 3.22. The zero-order valence-electron chi connectivity index (χ0n) is 14.8. The fraction of sp³-hybridized carbons (Fsp3) is 0.278. The molecule has 0 saturated carbocycles. The van der Waals surface area contributed by atoms with Crippen LogP contribution in [-0.4, -0.2) is 46.2 Å². The first-order valence-corrected chi connectivity index (χ1v) is 9.66. The molecule has 140 valence electrons. The van der Waals surface area contributed by atoms with E-state index in [0.29, 0.717) is 5.75 Å². The van der Waals surface area contributed by atoms with Gasteiger partial charge in [-0.25, -0.2) is 12.8 Å². The van der Waals surface area contributed by atoms with Crippen LogP contribution in [0.1, 0.15) is 5.56 Å². The Balaban J connectivity index is 2.14. The summed E-state index contributed by atoms with van der Waals surface area (Å²) in [6.07, 6.45) is 0.941. The van der Waals surface area contributed by atoms with E-state index in [1.165, 1.54) is 23.1 Å². The first kappa shape index (κ1) is 19.7. The predicted molar refractivity (Wildman–Crippen MR) is 98.1 cm³/mol. The molecule has 0 fully saturated rings. The number of carbonyl (C=O) groups is 1. The van der Waals surface area contributed by atoms with E-state index in [2.05, 4.69) is 0 Å². The Kier molecular flexibility index (Phi) is 6.20. The van der Waals surface area contributed by atoms with E-state index in [0.717, 1.165) is 22.2 Å². The van der Waals surface area contributed by atoms with Gasteiger partial charge in [0.25, 0.3) is 0 Å². The normalized spacial score (nSPS) is 11.1. The van der Waals surface area contributed by atoms with Crippen LogP contribution in [0.25, 0.3) is 0 Å². The summed E-state index contributed by atoms with van der Waals surface area (Å²) in [5.74, 6) is -0.455. The monoisotopic (exact) mass is 380 g/mol. The van der Waals surface area contributed by atoms with E-state index in [1.54, 1.807) is 26.3 Å². The zero-order chi connectivity index (χ0) is 19.3. The van der Waals surface area contributed by atoms with Gasteiger partial charge in [-0.15, -0.1) is 0 Å². The lowest BCUT2D eigenvalue weighted by molar-refractivity contribution is -0.128. The zero-order valence-corrected chi connectivity index (χ0v) is 15.7. The van der Waals surface area contributed by atoms with Crippen LogP contribution in [0.4, 0.5) is 10.1 Å². The Bertz CT molecular complexity index is 869. The third kappa shape index (κ3) is 4.95. The SMILES string of the molecule is COc1ccc(CN(C)C(=O)CN(c2ccccc2F)S(C)(=O)=O)cc1. The molecular formula is C18H21FN2O4S. The lowest BCUT2D eigenvalue weighted by Gasteiger charge is -2.25. The van der Waals surface area contributed by atoms with Gasteiger partial charge in [0.2, 0.25) is 15.9 Å². The number of ether oxygens (including phenoxy) is 1. The number of halogens is 1. The second-order valence-electron chi connectivity index (χ2n) is 5.82. The molecule has 0 radical (unpaired) electrons. The van der Waals surface area contributed by atoms with E-state index >= 15 is 0 Å². The minimum atomic E-state index is -3.82. The number of amides is 1. The third-order valence-electron chi connectivity index (χ3n) is 3.80. The number of methoxy groups -OCH3 is 1. The molecule has 2 aromatic carbocycles. The molecular weight excluding hydrogens is 359 g/mol. The van der Waals surface area contributed by atoms with Gasteiger partial charge in [-0.1, -0.05) is 24.3 Å². The highest BCUT2D eigenvalue weighted by atomic mass is 32.2. The standard InChI is InChI=1S/C18H21FN2O4S/c1-20(12-14-8-10-15(25-2)11-9-14)18(22)13-21(26(3,23)24)17-7-5-4-6-16(17)19/h4-11H,12-13H2,1-3H3. The van der Waals surface area contributed by atoms with Gasteiger partial charge >= 0.3 is 0 Å². The molecule has 1 amide bonds. The lowest BCUT2D eigenvalue weighted by Crippen LogP contribution is -2.41. The van der Waals surface area contributed by atoms with Gasteiger partial charge in [0.1, 0.15) is 18.1 Å². The van der Waals surface area contributed by atoms with Crippen molar-refractivity contribution in [2.75, 3.05) is 31.3 Å². The Morgan fingerprint density at radius 1 is 1.12 bits per heavy atom. The van der Waals surface area contributed by atoms with E-state index < -0.39 is 28.3 Å². The van der Waals surface area contributed by atoms with Crippen molar-refractivity contribution < 1.29 is 22.3 Å². The minimum Gasteiger partial charge on any atom is -0.497 e. The molecule has 0 saturated heterocycles. The molecule has 8 heteroatoms. The Morgan fingerprint density at radius 2 is 1.73 bits per heavy atom. The largest absolute Gasteiger partial charge is 0.497 e. The number of carbonyl (C=O) groups excluding carboxylic acids is 1. The smallest absolute Gasteiger partial charge is 0.243 e. The van der Waals surface area contributed by atoms with E-state index in [9.17, 15) is 17.6 Å². The van der Waals surface area contributed by atoms with Crippen molar-refractivity contribution in [3.8, 4) is 5.75 Å². The number of benzene rings is 2. The highest BCUT2D eigenvalue weighted by Crippen LogP contribution is 2.21. The van der Waals surface area contributed by atoms with Gasteiger partial charge in [0, 0.05) is 13.6 Å². The molecule has 6 nitrogen and oxygen atoms in total. The maximum absolute atomic E-state index is 14.0. The average Bonchev–Trinajstić information content (AvgIpc) is 2.60. The lowest BCUT2D eigenvalue weighted by atomic mass is 10.2. The second-order valence-corrected chi connectivity index (χ2v) is 7.73. The van der Waals surface area contributed by atoms with Crippen LogP contribution in [0.2, 0.25) is 0 Å². The Labute approximate surface area is 152 Å². The van der Waals surface area contributed by atoms with Crippen molar-refractivity contribution in [2.24, 2.45) is 0 Å². The van der Waals surface area contributed by atoms with Gasteiger partial charge in [0.15, 0.2) is 0 Å². The van der Waals surface area contributed by atoms with Crippen molar-refractivity contribution in [1.29, 1.82) is 0 Å². The Hall–Kier alpha value is -2.61. The summed E-state index contributed by atoms with van der Waals surface area (Å²) in [7, 11) is -0.695. The molecule has 0 atom stereocenters. The number of para-hydroxylation sites is 1. The number of hydrogen-bond donors (Lipinski definition) is 0. The molecule has 2 aromatic rings. The molecule has 0 aromatic heterocycles. The van der Waals surface area contributed by atoms with Gasteiger partial charge in [-0.05, 0) is 29.8 Å². The van der Waals surface area contributed by atoms with Gasteiger partial charge < -0.3 is 9.64 Å². The maximum Gasteiger partial charge on any atom is 0.243 e. The van der Waals surface area contributed by atoms with Crippen molar-refractivity contribution in [3.63, 3.8) is 0 Å². The molecule has 0 aliphatic rings. The molecule has 0 spiro atoms. The van der Waals surface area contributed by atoms with E-state index in [1.807, 2.05) is 12.1 Å². The summed E-state index contributed by atoms with van der Waals surface area (Å²) in [4.78, 5) is 13.9. The number of hydrogen-bond acceptors (Lipinski definition) is 4. The molecule has 0 heterocycles. The molecule has 0 aliphatic carbocycles. The van der Waals surface area contributed by atoms with Crippen LogP contribution in [0.3, 0.4) is 0 Å². The highest BCUT2D eigenvalue weighted by molar-refractivity contribution is 7.92. The number of likely N-dealkylation sites (N-methyl/N-ethyl adjacent to an activating group) is 1. The van der Waals surface area contributed by atoms with Gasteiger partial charge in [-0.3, -0.25) is 9.10 Å². The first-order chi connectivity index (χ1) is 12.2. The van der Waals surface area contributed by atoms with Crippen molar-refractivity contribution in [3.05, 3.63) is 59.9 Å². The number of nitrogens with zero attached hydrogens (tertiary/aromatic N) is 2. The third-order valence-corrected chi connectivity index (χ3v) is 4.93. The van der Waals surface area contributed by atoms with Crippen molar-refractivity contribution in [2.45, 2.75) is 6.54 Å². The number of sulfonamides is 1. The predicted octanol–water partition coefficient (Wildman–Crippen LogP) is 2.26. The number of rotatable bonds is 7. The molecule has 0 aliphatic heterocycles. The summed E-state index contributed by atoms with van der Waals surface area (Å²) in [5.41, 5.74) is 0.708. The minimum absolute atomic E-state index is 0.152. The van der Waals surface area contributed by atoms with E-state index in [-0.39, 0.29) is 12.2 Å². The fourth-order valence-electron chi connectivity index (χ4n) is 2.37. The van der Waals surface area contributed by atoms with Crippen LogP contribution in [0.5, 0.6) is 5.75 Å². The van der Waals surface area contributed by atoms with Crippen LogP contribution < -0.4 is 9.04 Å². The summed E-state index contributed by atoms with van der Waals surface area (Å²) >= 11 is 0. The van der Waals surface area contributed by atoms with Crippen LogP contribution >= 0.6 is 0 Å². The van der Waals surface area contributed by atoms with E-state index in [4.69, 9.17) is 4.74 Å². The first-order valence-electron chi connectivity index (χ1n) is 7.81. The van der Waals surface area contributed by atoms with Crippen molar-refractivity contribution in [1.82, 2.24) is 4.90 Å². The topological polar surface area (TPSA) is 66.9 Å². The molecule has 0 unspecified atom stereocenters. The summed E-state index contributed by atoms with van der Waals surface area (Å²) in [6.45, 7) is -0.190.